The van der Waals surface area contributed by atoms with Gasteiger partial charge in [0, 0.05) is 13.1 Å². The fourth-order valence-corrected chi connectivity index (χ4v) is 3.30. The molecule has 0 radical (unpaired) electrons. The molecule has 22 heavy (non-hydrogen) atoms. The number of anilines is 1. The lowest BCUT2D eigenvalue weighted by Gasteiger charge is -2.45. The van der Waals surface area contributed by atoms with E-state index in [9.17, 15) is 0 Å². The van der Waals surface area contributed by atoms with E-state index in [0.29, 0.717) is 6.61 Å². The molecule has 0 aromatic heterocycles. The van der Waals surface area contributed by atoms with E-state index in [1.54, 1.807) is 0 Å². The van der Waals surface area contributed by atoms with Crippen LogP contribution in [0.3, 0.4) is 0 Å². The van der Waals surface area contributed by atoms with Crippen LogP contribution in [0.2, 0.25) is 0 Å². The first-order valence-electron chi connectivity index (χ1n) is 7.75. The Kier molecular flexibility index (Phi) is 3.01. The number of nitrogens with zero attached hydrogens (tertiary/aromatic N) is 2. The quantitative estimate of drug-likeness (QED) is 0.847. The predicted octanol–water partition coefficient (Wildman–Crippen LogP) is 3.43. The number of para-hydroxylation sites is 3. The average molecular weight is 296 g/mol. The highest BCUT2D eigenvalue weighted by Gasteiger charge is 2.45. The zero-order chi connectivity index (χ0) is 15.2. The smallest absolute Gasteiger partial charge is 0.211 e. The van der Waals surface area contributed by atoms with Crippen LogP contribution >= 0.6 is 0 Å². The van der Waals surface area contributed by atoms with Crippen molar-refractivity contribution in [3.63, 3.8) is 0 Å². The SMILES string of the molecule is CCN1c2ccccc2CN1C1(C)COc2ccccc2O1. The van der Waals surface area contributed by atoms with Crippen molar-refractivity contribution in [1.82, 2.24) is 5.01 Å². The first-order valence-corrected chi connectivity index (χ1v) is 7.75. The monoisotopic (exact) mass is 296 g/mol. The van der Waals surface area contributed by atoms with Gasteiger partial charge in [-0.25, -0.2) is 0 Å². The van der Waals surface area contributed by atoms with Gasteiger partial charge in [-0.15, -0.1) is 0 Å². The standard InChI is InChI=1S/C18H20N2O2/c1-3-19-15-9-5-4-8-14(15)12-20(19)18(2)13-21-16-10-6-7-11-17(16)22-18/h4-11H,3,12-13H2,1-2H3. The molecule has 1 unspecified atom stereocenters. The van der Waals surface area contributed by atoms with Crippen molar-refractivity contribution in [2.45, 2.75) is 26.1 Å². The number of hydrazine groups is 1. The van der Waals surface area contributed by atoms with Crippen molar-refractivity contribution in [3.05, 3.63) is 54.1 Å². The molecule has 114 valence electrons. The number of benzene rings is 2. The lowest BCUT2D eigenvalue weighted by molar-refractivity contribution is -0.120. The molecule has 2 aliphatic rings. The first kappa shape index (κ1) is 13.5. The van der Waals surface area contributed by atoms with Crippen LogP contribution in [0.1, 0.15) is 19.4 Å². The Bertz CT molecular complexity index is 703. The fourth-order valence-electron chi connectivity index (χ4n) is 3.30. The fraction of sp³-hybridized carbons (Fsp3) is 0.333. The predicted molar refractivity (Wildman–Crippen MR) is 86.0 cm³/mol. The number of ether oxygens (including phenoxy) is 2. The molecule has 4 nitrogen and oxygen atoms in total. The minimum absolute atomic E-state index is 0.508. The van der Waals surface area contributed by atoms with Crippen LogP contribution < -0.4 is 14.5 Å². The summed E-state index contributed by atoms with van der Waals surface area (Å²) >= 11 is 0. The summed E-state index contributed by atoms with van der Waals surface area (Å²) in [4.78, 5) is 0. The highest BCUT2D eigenvalue weighted by Crippen LogP contribution is 2.41. The maximum atomic E-state index is 6.33. The van der Waals surface area contributed by atoms with Crippen molar-refractivity contribution in [3.8, 4) is 11.5 Å². The molecule has 0 amide bonds. The number of rotatable bonds is 2. The average Bonchev–Trinajstić information content (AvgIpc) is 2.94. The van der Waals surface area contributed by atoms with Crippen LogP contribution in [0.25, 0.3) is 0 Å². The van der Waals surface area contributed by atoms with Crippen molar-refractivity contribution in [1.29, 1.82) is 0 Å². The molecule has 2 aliphatic heterocycles. The molecule has 0 fully saturated rings. The number of hydrogen-bond donors (Lipinski definition) is 0. The Morgan fingerprint density at radius 3 is 2.59 bits per heavy atom. The van der Waals surface area contributed by atoms with E-state index >= 15 is 0 Å². The summed E-state index contributed by atoms with van der Waals surface area (Å²) in [5.74, 6) is 1.63. The molecule has 0 bridgehead atoms. The van der Waals surface area contributed by atoms with Gasteiger partial charge in [-0.05, 0) is 37.6 Å². The van der Waals surface area contributed by atoms with Crippen molar-refractivity contribution in [2.75, 3.05) is 18.2 Å². The van der Waals surface area contributed by atoms with E-state index < -0.39 is 5.72 Å². The summed E-state index contributed by atoms with van der Waals surface area (Å²) in [5, 5.41) is 4.56. The van der Waals surface area contributed by atoms with Crippen LogP contribution in [0.4, 0.5) is 5.69 Å². The topological polar surface area (TPSA) is 24.9 Å². The van der Waals surface area contributed by atoms with Gasteiger partial charge in [0.05, 0.1) is 5.69 Å². The van der Waals surface area contributed by atoms with Gasteiger partial charge in [-0.1, -0.05) is 30.3 Å². The molecular formula is C18H20N2O2. The summed E-state index contributed by atoms with van der Waals surface area (Å²) < 4.78 is 12.3. The van der Waals surface area contributed by atoms with E-state index in [1.165, 1.54) is 11.3 Å². The van der Waals surface area contributed by atoms with Gasteiger partial charge in [0.1, 0.15) is 6.61 Å². The highest BCUT2D eigenvalue weighted by molar-refractivity contribution is 5.56. The lowest BCUT2D eigenvalue weighted by atomic mass is 10.2. The molecule has 1 atom stereocenters. The Morgan fingerprint density at radius 2 is 1.77 bits per heavy atom. The van der Waals surface area contributed by atoms with Crippen molar-refractivity contribution < 1.29 is 9.47 Å². The molecule has 2 aromatic carbocycles. The summed E-state index contributed by atoms with van der Waals surface area (Å²) in [7, 11) is 0. The Labute approximate surface area is 130 Å². The molecular weight excluding hydrogens is 276 g/mol. The third kappa shape index (κ3) is 1.95. The van der Waals surface area contributed by atoms with E-state index in [1.807, 2.05) is 24.3 Å². The van der Waals surface area contributed by atoms with Crippen LogP contribution in [0.15, 0.2) is 48.5 Å². The highest BCUT2D eigenvalue weighted by atomic mass is 16.6. The van der Waals surface area contributed by atoms with Crippen LogP contribution in [-0.2, 0) is 6.54 Å². The second kappa shape index (κ2) is 4.92. The molecule has 0 spiro atoms. The third-order valence-electron chi connectivity index (χ3n) is 4.40. The molecule has 4 heteroatoms. The van der Waals surface area contributed by atoms with E-state index in [-0.39, 0.29) is 0 Å². The second-order valence-electron chi connectivity index (χ2n) is 5.91. The molecule has 0 saturated carbocycles. The third-order valence-corrected chi connectivity index (χ3v) is 4.40. The van der Waals surface area contributed by atoms with E-state index in [4.69, 9.17) is 9.47 Å². The molecule has 2 heterocycles. The van der Waals surface area contributed by atoms with Crippen molar-refractivity contribution in [2.24, 2.45) is 0 Å². The van der Waals surface area contributed by atoms with Gasteiger partial charge >= 0.3 is 0 Å². The molecule has 2 aromatic rings. The maximum absolute atomic E-state index is 6.33. The van der Waals surface area contributed by atoms with E-state index in [2.05, 4.69) is 48.1 Å². The van der Waals surface area contributed by atoms with Gasteiger partial charge in [-0.2, -0.15) is 5.01 Å². The van der Waals surface area contributed by atoms with Gasteiger partial charge in [0.2, 0.25) is 5.72 Å². The van der Waals surface area contributed by atoms with Gasteiger partial charge < -0.3 is 14.5 Å². The normalized spacial score (nSPS) is 23.5. The lowest BCUT2D eigenvalue weighted by Crippen LogP contribution is -2.60. The van der Waals surface area contributed by atoms with Crippen LogP contribution in [0, 0.1) is 0 Å². The maximum Gasteiger partial charge on any atom is 0.211 e. The summed E-state index contributed by atoms with van der Waals surface area (Å²) in [6, 6.07) is 16.4. The Balaban J connectivity index is 1.68. The summed E-state index contributed by atoms with van der Waals surface area (Å²) in [5.41, 5.74) is 2.07. The largest absolute Gasteiger partial charge is 0.484 e. The summed E-state index contributed by atoms with van der Waals surface area (Å²) in [6.45, 7) is 6.51. The molecule has 4 rings (SSSR count). The van der Waals surface area contributed by atoms with E-state index in [0.717, 1.165) is 24.6 Å². The van der Waals surface area contributed by atoms with Crippen molar-refractivity contribution >= 4 is 5.69 Å². The summed E-state index contributed by atoms with van der Waals surface area (Å²) in [6.07, 6.45) is 0. The minimum Gasteiger partial charge on any atom is -0.484 e. The van der Waals surface area contributed by atoms with Crippen LogP contribution in [0.5, 0.6) is 11.5 Å². The number of fused-ring (bicyclic) bond motifs is 2. The molecule has 0 N–H and O–H groups in total. The van der Waals surface area contributed by atoms with Gasteiger partial charge in [-0.3, -0.25) is 0 Å². The molecule has 0 saturated heterocycles. The second-order valence-corrected chi connectivity index (χ2v) is 5.91. The zero-order valence-electron chi connectivity index (χ0n) is 13.0. The van der Waals surface area contributed by atoms with Gasteiger partial charge in [0.25, 0.3) is 0 Å². The molecule has 0 aliphatic carbocycles. The number of hydrogen-bond acceptors (Lipinski definition) is 4. The minimum atomic E-state index is -0.511. The van der Waals surface area contributed by atoms with Crippen LogP contribution in [-0.4, -0.2) is 23.9 Å². The Hall–Kier alpha value is -2.20. The zero-order valence-corrected chi connectivity index (χ0v) is 13.0. The first-order chi connectivity index (χ1) is 10.7. The van der Waals surface area contributed by atoms with Gasteiger partial charge in [0.15, 0.2) is 11.5 Å². The Morgan fingerprint density at radius 1 is 1.05 bits per heavy atom.